The molecule has 0 heterocycles. The predicted octanol–water partition coefficient (Wildman–Crippen LogP) is 0.588. The van der Waals surface area contributed by atoms with E-state index >= 15 is 0 Å². The van der Waals surface area contributed by atoms with E-state index in [0.29, 0.717) is 11.1 Å². The molecule has 1 rings (SSSR count). The molecule has 0 unspecified atom stereocenters. The van der Waals surface area contributed by atoms with E-state index < -0.39 is 10.3 Å². The summed E-state index contributed by atoms with van der Waals surface area (Å²) in [5.74, 6) is 0. The molecule has 0 spiro atoms. The molecule has 0 saturated carbocycles. The highest BCUT2D eigenvalue weighted by atomic mass is 32.2. The molecule has 0 aliphatic carbocycles. The van der Waals surface area contributed by atoms with E-state index in [1.165, 1.54) is 0 Å². The zero-order chi connectivity index (χ0) is 8.97. The van der Waals surface area contributed by atoms with Crippen LogP contribution in [-0.4, -0.2) is 13.8 Å². The van der Waals surface area contributed by atoms with Gasteiger partial charge in [0.1, 0.15) is 0 Å². The first kappa shape index (κ1) is 8.50. The summed E-state index contributed by atoms with van der Waals surface area (Å²) in [6.07, 6.45) is 0. The maximum absolute atomic E-state index is 10.3. The summed E-state index contributed by atoms with van der Waals surface area (Å²) >= 11 is 0. The molecule has 0 bridgehead atoms. The van der Waals surface area contributed by atoms with E-state index in [0.717, 1.165) is 5.37 Å². The van der Waals surface area contributed by atoms with Gasteiger partial charge in [-0.05, 0) is 6.07 Å². The second-order valence-corrected chi connectivity index (χ2v) is 2.83. The molecule has 0 N–H and O–H groups in total. The largest absolute Gasteiger partial charge is 0.214 e. The summed E-state index contributed by atoms with van der Waals surface area (Å²) in [7, 11) is -2.25. The molecule has 0 amide bonds. The van der Waals surface area contributed by atoms with Crippen molar-refractivity contribution in [3.63, 3.8) is 0 Å². The number of hydrogen-bond acceptors (Lipinski definition) is 3. The zero-order valence-corrected chi connectivity index (χ0v) is 6.88. The molecule has 0 atom stereocenters. The SMILES string of the molecule is N#Cc1ccccc1C=S(=O)=O. The number of nitrogens with zero attached hydrogens (tertiary/aromatic N) is 1. The Labute approximate surface area is 71.4 Å². The first-order valence-corrected chi connectivity index (χ1v) is 4.30. The van der Waals surface area contributed by atoms with Crippen LogP contribution >= 0.6 is 0 Å². The third-order valence-corrected chi connectivity index (χ3v) is 1.75. The molecule has 0 saturated heterocycles. The van der Waals surface area contributed by atoms with Gasteiger partial charge < -0.3 is 0 Å². The molecule has 0 radical (unpaired) electrons. The lowest BCUT2D eigenvalue weighted by Crippen LogP contribution is -1.86. The van der Waals surface area contributed by atoms with Crippen molar-refractivity contribution in [2.75, 3.05) is 0 Å². The summed E-state index contributed by atoms with van der Waals surface area (Å²) in [6.45, 7) is 0. The molecule has 1 aromatic rings. The molecule has 0 aromatic heterocycles. The Bertz CT molecular complexity index is 446. The van der Waals surface area contributed by atoms with Gasteiger partial charge in [-0.1, -0.05) is 18.2 Å². The van der Waals surface area contributed by atoms with Crippen LogP contribution in [0.2, 0.25) is 0 Å². The highest BCUT2D eigenvalue weighted by molar-refractivity contribution is 7.71. The Morgan fingerprint density at radius 3 is 2.58 bits per heavy atom. The molecule has 0 aliphatic heterocycles. The van der Waals surface area contributed by atoms with Crippen molar-refractivity contribution in [3.8, 4) is 6.07 Å². The van der Waals surface area contributed by atoms with Gasteiger partial charge in [0.05, 0.1) is 17.0 Å². The highest BCUT2D eigenvalue weighted by Gasteiger charge is 1.95. The number of rotatable bonds is 1. The van der Waals surface area contributed by atoms with Crippen molar-refractivity contribution in [2.24, 2.45) is 0 Å². The fraction of sp³-hybridized carbons (Fsp3) is 0. The molecule has 12 heavy (non-hydrogen) atoms. The van der Waals surface area contributed by atoms with E-state index in [4.69, 9.17) is 5.26 Å². The second kappa shape index (κ2) is 3.69. The first-order valence-electron chi connectivity index (χ1n) is 3.16. The van der Waals surface area contributed by atoms with Gasteiger partial charge in [0.25, 0.3) is 0 Å². The molecule has 0 fully saturated rings. The van der Waals surface area contributed by atoms with E-state index in [-0.39, 0.29) is 0 Å². The van der Waals surface area contributed by atoms with E-state index in [2.05, 4.69) is 0 Å². The van der Waals surface area contributed by atoms with E-state index in [9.17, 15) is 8.42 Å². The summed E-state index contributed by atoms with van der Waals surface area (Å²) in [6, 6.07) is 8.41. The van der Waals surface area contributed by atoms with Crippen LogP contribution in [0, 0.1) is 11.3 Å². The predicted molar refractivity (Wildman–Crippen MR) is 45.2 cm³/mol. The van der Waals surface area contributed by atoms with Crippen LogP contribution in [0.15, 0.2) is 24.3 Å². The molecule has 4 heteroatoms. The van der Waals surface area contributed by atoms with Crippen LogP contribution < -0.4 is 0 Å². The normalized spacial score (nSPS) is 8.58. The van der Waals surface area contributed by atoms with Gasteiger partial charge in [-0.2, -0.15) is 13.7 Å². The topological polar surface area (TPSA) is 57.9 Å². The van der Waals surface area contributed by atoms with Crippen molar-refractivity contribution in [3.05, 3.63) is 35.4 Å². The number of benzene rings is 1. The smallest absolute Gasteiger partial charge is 0.192 e. The number of hydrogen-bond donors (Lipinski definition) is 0. The minimum Gasteiger partial charge on any atom is -0.192 e. The van der Waals surface area contributed by atoms with E-state index in [1.54, 1.807) is 24.3 Å². The average Bonchev–Trinajstić information content (AvgIpc) is 2.04. The molecule has 1 aromatic carbocycles. The summed E-state index contributed by atoms with van der Waals surface area (Å²) in [5, 5.41) is 9.57. The quantitative estimate of drug-likeness (QED) is 0.593. The van der Waals surface area contributed by atoms with Crippen LogP contribution in [0.3, 0.4) is 0 Å². The number of nitriles is 1. The van der Waals surface area contributed by atoms with Crippen molar-refractivity contribution >= 4 is 15.7 Å². The van der Waals surface area contributed by atoms with Crippen molar-refractivity contribution in [1.82, 2.24) is 0 Å². The fourth-order valence-corrected chi connectivity index (χ4v) is 1.22. The summed E-state index contributed by atoms with van der Waals surface area (Å²) < 4.78 is 20.5. The lowest BCUT2D eigenvalue weighted by molar-refractivity contribution is 0.627. The molecular weight excluding hydrogens is 174 g/mol. The van der Waals surface area contributed by atoms with Gasteiger partial charge in [0.15, 0.2) is 0 Å². The summed E-state index contributed by atoms with van der Waals surface area (Å²) in [5.41, 5.74) is 0.787. The minimum atomic E-state index is -2.25. The summed E-state index contributed by atoms with van der Waals surface area (Å²) in [4.78, 5) is 0. The van der Waals surface area contributed by atoms with Gasteiger partial charge in [0.2, 0.25) is 10.3 Å². The molecule has 60 valence electrons. The Morgan fingerprint density at radius 2 is 2.00 bits per heavy atom. The van der Waals surface area contributed by atoms with Crippen LogP contribution in [0.25, 0.3) is 0 Å². The first-order chi connectivity index (χ1) is 5.74. The van der Waals surface area contributed by atoms with Gasteiger partial charge in [-0.15, -0.1) is 0 Å². The Morgan fingerprint density at radius 1 is 1.33 bits per heavy atom. The zero-order valence-electron chi connectivity index (χ0n) is 6.06. The van der Waals surface area contributed by atoms with E-state index in [1.807, 2.05) is 6.07 Å². The Kier molecular flexibility index (Phi) is 2.62. The Balaban J connectivity index is 3.35. The standard InChI is InChI=1S/C8H5NO2S/c9-5-7-3-1-2-4-8(7)6-12(10)11/h1-4,6H. The maximum Gasteiger partial charge on any atom is 0.214 e. The molecular formula is C8H5NO2S. The van der Waals surface area contributed by atoms with Crippen molar-refractivity contribution in [2.45, 2.75) is 0 Å². The van der Waals surface area contributed by atoms with Gasteiger partial charge in [-0.3, -0.25) is 0 Å². The third-order valence-electron chi connectivity index (χ3n) is 1.30. The van der Waals surface area contributed by atoms with Gasteiger partial charge in [0, 0.05) is 5.56 Å². The van der Waals surface area contributed by atoms with Crippen LogP contribution in [0.1, 0.15) is 11.1 Å². The molecule has 0 aliphatic rings. The minimum absolute atomic E-state index is 0.363. The third kappa shape index (κ3) is 1.94. The Hall–Kier alpha value is -1.60. The average molecular weight is 179 g/mol. The van der Waals surface area contributed by atoms with Crippen molar-refractivity contribution < 1.29 is 8.42 Å². The highest BCUT2D eigenvalue weighted by Crippen LogP contribution is 2.02. The van der Waals surface area contributed by atoms with Crippen LogP contribution in [-0.2, 0) is 10.3 Å². The van der Waals surface area contributed by atoms with Crippen LogP contribution in [0.5, 0.6) is 0 Å². The molecule has 3 nitrogen and oxygen atoms in total. The van der Waals surface area contributed by atoms with Gasteiger partial charge in [-0.25, -0.2) is 0 Å². The van der Waals surface area contributed by atoms with Crippen molar-refractivity contribution in [1.29, 1.82) is 5.26 Å². The lowest BCUT2D eigenvalue weighted by atomic mass is 10.1. The lowest BCUT2D eigenvalue weighted by Gasteiger charge is -1.91. The second-order valence-electron chi connectivity index (χ2n) is 2.08. The van der Waals surface area contributed by atoms with Gasteiger partial charge >= 0.3 is 0 Å². The monoisotopic (exact) mass is 179 g/mol. The fourth-order valence-electron chi connectivity index (χ4n) is 0.805. The van der Waals surface area contributed by atoms with Crippen LogP contribution in [0.4, 0.5) is 0 Å². The maximum atomic E-state index is 10.3.